The lowest BCUT2D eigenvalue weighted by Crippen LogP contribution is -2.48. The number of carbonyl (C=O) groups is 3. The molecule has 3 aliphatic heterocycles. The molecule has 2 saturated heterocycles. The predicted molar refractivity (Wildman–Crippen MR) is 118 cm³/mol. The number of rotatable bonds is 5. The molecule has 2 aromatic rings. The lowest BCUT2D eigenvalue weighted by molar-refractivity contribution is -0.140. The molecular formula is C23H21ClN2O3S. The van der Waals surface area contributed by atoms with Gasteiger partial charge in [0.25, 0.3) is 0 Å². The number of benzene rings is 1. The van der Waals surface area contributed by atoms with E-state index in [1.807, 2.05) is 47.6 Å². The average molecular weight is 441 g/mol. The van der Waals surface area contributed by atoms with Crippen LogP contribution in [0.25, 0.3) is 6.08 Å². The van der Waals surface area contributed by atoms with Crippen molar-refractivity contribution in [3.63, 3.8) is 0 Å². The van der Waals surface area contributed by atoms with Gasteiger partial charge in [0.1, 0.15) is 6.04 Å². The van der Waals surface area contributed by atoms with Crippen molar-refractivity contribution < 1.29 is 14.4 Å². The highest BCUT2D eigenvalue weighted by Crippen LogP contribution is 2.49. The van der Waals surface area contributed by atoms with E-state index in [-0.39, 0.29) is 23.6 Å². The molecular weight excluding hydrogens is 420 g/mol. The first kappa shape index (κ1) is 19.5. The smallest absolute Gasteiger partial charge is 0.235 e. The first-order valence-electron chi connectivity index (χ1n) is 10.2. The van der Waals surface area contributed by atoms with E-state index < -0.39 is 17.9 Å². The quantitative estimate of drug-likeness (QED) is 0.514. The Bertz CT molecular complexity index is 1060. The average Bonchev–Trinajstić information content (AvgIpc) is 3.43. The molecule has 5 nitrogen and oxygen atoms in total. The molecule has 2 fully saturated rings. The summed E-state index contributed by atoms with van der Waals surface area (Å²) in [4.78, 5) is 44.2. The lowest BCUT2D eigenvalue weighted by Gasteiger charge is -2.36. The van der Waals surface area contributed by atoms with Gasteiger partial charge < -0.3 is 4.90 Å². The van der Waals surface area contributed by atoms with E-state index in [1.54, 1.807) is 12.1 Å². The zero-order valence-corrected chi connectivity index (χ0v) is 18.0. The normalized spacial score (nSPS) is 26.7. The van der Waals surface area contributed by atoms with Crippen LogP contribution in [0.15, 0.2) is 41.8 Å². The Balaban J connectivity index is 1.63. The number of amides is 2. The number of ketones is 1. The van der Waals surface area contributed by atoms with Gasteiger partial charge in [-0.15, -0.1) is 11.3 Å². The number of anilines is 1. The molecule has 154 valence electrons. The van der Waals surface area contributed by atoms with Crippen LogP contribution in [0, 0.1) is 11.8 Å². The van der Waals surface area contributed by atoms with Crippen LogP contribution in [0.3, 0.4) is 0 Å². The van der Waals surface area contributed by atoms with E-state index in [1.165, 1.54) is 16.2 Å². The molecule has 1 aromatic carbocycles. The van der Waals surface area contributed by atoms with E-state index in [0.717, 1.165) is 24.1 Å². The summed E-state index contributed by atoms with van der Waals surface area (Å²) in [5.74, 6) is -1.68. The van der Waals surface area contributed by atoms with Gasteiger partial charge in [-0.25, -0.2) is 0 Å². The van der Waals surface area contributed by atoms with Gasteiger partial charge >= 0.3 is 0 Å². The largest absolute Gasteiger partial charge is 0.352 e. The van der Waals surface area contributed by atoms with E-state index >= 15 is 0 Å². The first-order valence-corrected chi connectivity index (χ1v) is 11.5. The maximum absolute atomic E-state index is 13.6. The van der Waals surface area contributed by atoms with Gasteiger partial charge in [0.2, 0.25) is 11.8 Å². The molecule has 0 spiro atoms. The van der Waals surface area contributed by atoms with Gasteiger partial charge in [0, 0.05) is 17.3 Å². The molecule has 0 radical (unpaired) electrons. The number of imide groups is 1. The molecule has 4 atom stereocenters. The van der Waals surface area contributed by atoms with Crippen molar-refractivity contribution in [3.05, 3.63) is 57.3 Å². The van der Waals surface area contributed by atoms with Crippen LogP contribution in [0.5, 0.6) is 0 Å². The highest BCUT2D eigenvalue weighted by Gasteiger charge is 2.63. The summed E-state index contributed by atoms with van der Waals surface area (Å²) in [6.45, 7) is 2.45. The third-order valence-electron chi connectivity index (χ3n) is 6.33. The Morgan fingerprint density at radius 2 is 1.97 bits per heavy atom. The third kappa shape index (κ3) is 2.77. The maximum Gasteiger partial charge on any atom is 0.235 e. The number of nitrogens with zero attached hydrogens (tertiary/aromatic N) is 2. The minimum atomic E-state index is -0.702. The summed E-state index contributed by atoms with van der Waals surface area (Å²) < 4.78 is 0. The molecule has 5 rings (SSSR count). The van der Waals surface area contributed by atoms with Crippen molar-refractivity contribution >= 4 is 52.3 Å². The van der Waals surface area contributed by atoms with E-state index in [9.17, 15) is 14.4 Å². The van der Waals surface area contributed by atoms with Crippen molar-refractivity contribution in [3.8, 4) is 0 Å². The molecule has 3 aliphatic rings. The molecule has 0 aliphatic carbocycles. The Morgan fingerprint density at radius 3 is 2.70 bits per heavy atom. The fourth-order valence-corrected chi connectivity index (χ4v) is 5.89. The van der Waals surface area contributed by atoms with E-state index in [4.69, 9.17) is 11.6 Å². The molecule has 4 heterocycles. The second-order valence-electron chi connectivity index (χ2n) is 7.98. The van der Waals surface area contributed by atoms with Crippen molar-refractivity contribution in [1.82, 2.24) is 4.90 Å². The summed E-state index contributed by atoms with van der Waals surface area (Å²) in [5, 5.41) is 2.46. The highest BCUT2D eigenvalue weighted by atomic mass is 35.5. The fraction of sp³-hybridized carbons (Fsp3) is 0.348. The van der Waals surface area contributed by atoms with Gasteiger partial charge in [0.05, 0.1) is 22.8 Å². The second kappa shape index (κ2) is 7.36. The van der Waals surface area contributed by atoms with Crippen molar-refractivity contribution in [2.45, 2.75) is 31.8 Å². The summed E-state index contributed by atoms with van der Waals surface area (Å²) in [7, 11) is 0. The van der Waals surface area contributed by atoms with Gasteiger partial charge in [-0.05, 0) is 41.6 Å². The highest BCUT2D eigenvalue weighted by molar-refractivity contribution is 7.12. The van der Waals surface area contributed by atoms with Crippen LogP contribution < -0.4 is 4.90 Å². The van der Waals surface area contributed by atoms with Crippen molar-refractivity contribution in [2.24, 2.45) is 11.8 Å². The third-order valence-corrected chi connectivity index (χ3v) is 7.45. The molecule has 30 heavy (non-hydrogen) atoms. The number of hydrogen-bond donors (Lipinski definition) is 0. The lowest BCUT2D eigenvalue weighted by atomic mass is 9.87. The minimum Gasteiger partial charge on any atom is -0.352 e. The fourth-order valence-electron chi connectivity index (χ4n) is 5.01. The number of likely N-dealkylation sites (tertiary alicyclic amines) is 1. The molecule has 0 saturated carbocycles. The Labute approximate surface area is 183 Å². The van der Waals surface area contributed by atoms with E-state index in [2.05, 4.69) is 0 Å². The topological polar surface area (TPSA) is 57.7 Å². The molecule has 0 N–H and O–H groups in total. The Morgan fingerprint density at radius 1 is 1.17 bits per heavy atom. The number of halogens is 1. The number of fused-ring (bicyclic) bond motifs is 5. The van der Waals surface area contributed by atoms with Crippen molar-refractivity contribution in [2.75, 3.05) is 11.4 Å². The summed E-state index contributed by atoms with van der Waals surface area (Å²) in [6, 6.07) is 8.12. The van der Waals surface area contributed by atoms with Crippen molar-refractivity contribution in [1.29, 1.82) is 0 Å². The summed E-state index contributed by atoms with van der Waals surface area (Å²) >= 11 is 7.54. The number of thiophene rings is 1. The number of unbranched alkanes of at least 4 members (excludes halogenated alkanes) is 1. The zero-order valence-electron chi connectivity index (χ0n) is 16.5. The Kier molecular flexibility index (Phi) is 4.79. The van der Waals surface area contributed by atoms with Crippen LogP contribution in [0.1, 0.15) is 35.0 Å². The zero-order chi connectivity index (χ0) is 21.0. The molecule has 7 heteroatoms. The Hall–Kier alpha value is -2.44. The van der Waals surface area contributed by atoms with Crippen LogP contribution in [-0.4, -0.2) is 41.1 Å². The van der Waals surface area contributed by atoms with Crippen LogP contribution in [0.4, 0.5) is 5.69 Å². The monoisotopic (exact) mass is 440 g/mol. The van der Waals surface area contributed by atoms with Gasteiger partial charge in [-0.1, -0.05) is 43.2 Å². The maximum atomic E-state index is 13.6. The summed E-state index contributed by atoms with van der Waals surface area (Å²) in [6.07, 6.45) is 5.57. The minimum absolute atomic E-state index is 0.0998. The summed E-state index contributed by atoms with van der Waals surface area (Å²) in [5.41, 5.74) is 1.74. The van der Waals surface area contributed by atoms with Crippen LogP contribution >= 0.6 is 22.9 Å². The van der Waals surface area contributed by atoms with Gasteiger partial charge in [-0.2, -0.15) is 0 Å². The second-order valence-corrected chi connectivity index (χ2v) is 9.36. The number of Topliss-reactive ketones (excluding diaryl/α,β-unsaturated/α-hetero) is 1. The van der Waals surface area contributed by atoms with Crippen LogP contribution in [-0.2, 0) is 9.59 Å². The van der Waals surface area contributed by atoms with Gasteiger partial charge in [0.15, 0.2) is 5.78 Å². The molecule has 0 bridgehead atoms. The van der Waals surface area contributed by atoms with Gasteiger partial charge in [-0.3, -0.25) is 19.3 Å². The molecule has 1 aromatic heterocycles. The van der Waals surface area contributed by atoms with Crippen LogP contribution in [0.2, 0.25) is 5.02 Å². The number of carbonyl (C=O) groups excluding carboxylic acids is 3. The first-order chi connectivity index (χ1) is 14.5. The molecule has 2 amide bonds. The predicted octanol–water partition coefficient (Wildman–Crippen LogP) is 4.27. The molecule has 0 unspecified atom stereocenters. The SMILES string of the molecule is CCCCN1C(=O)[C@@H]2[C@H](C1=O)[C@H](C(=O)c1cccs1)N1c3ccc(Cl)cc3C=C[C@H]21. The standard InChI is InChI=1S/C23H21ClN2O3S/c1-2-3-10-25-22(28)18-16-8-6-13-12-14(24)7-9-15(13)26(16)20(19(18)23(25)29)21(27)17-5-4-11-30-17/h4-9,11-12,16,18-20H,2-3,10H2,1H3/t16-,18+,19+,20-/m1/s1. The number of hydrogen-bond acceptors (Lipinski definition) is 5. The van der Waals surface area contributed by atoms with E-state index in [0.29, 0.717) is 16.4 Å².